The molecule has 1 fully saturated rings. The first kappa shape index (κ1) is 18.7. The van der Waals surface area contributed by atoms with Crippen LogP contribution in [0.3, 0.4) is 0 Å². The summed E-state index contributed by atoms with van der Waals surface area (Å²) in [6, 6.07) is 8.62. The molecule has 0 unspecified atom stereocenters. The van der Waals surface area contributed by atoms with Crippen molar-refractivity contribution in [3.05, 3.63) is 52.6 Å². The van der Waals surface area contributed by atoms with Crippen LogP contribution < -0.4 is 21.2 Å². The number of piperazine rings is 1. The Morgan fingerprint density at radius 1 is 1.21 bits per heavy atom. The highest BCUT2D eigenvalue weighted by atomic mass is 16.2. The molecule has 0 spiro atoms. The van der Waals surface area contributed by atoms with Crippen molar-refractivity contribution in [3.63, 3.8) is 0 Å². The number of H-pyrrole nitrogens is 1. The second-order valence-electron chi connectivity index (χ2n) is 7.26. The average Bonchev–Trinajstić information content (AvgIpc) is 3.03. The average molecular weight is 394 g/mol. The van der Waals surface area contributed by atoms with E-state index in [0.29, 0.717) is 41.2 Å². The van der Waals surface area contributed by atoms with E-state index in [1.165, 1.54) is 0 Å². The van der Waals surface area contributed by atoms with E-state index in [0.717, 1.165) is 0 Å². The Morgan fingerprint density at radius 3 is 2.72 bits per heavy atom. The zero-order valence-electron chi connectivity index (χ0n) is 16.2. The Hall–Kier alpha value is -3.62. The molecule has 9 heteroatoms. The lowest BCUT2D eigenvalue weighted by atomic mass is 10.1. The lowest BCUT2D eigenvalue weighted by molar-refractivity contribution is -0.120. The van der Waals surface area contributed by atoms with Crippen LogP contribution in [0.5, 0.6) is 0 Å². The molecule has 29 heavy (non-hydrogen) atoms. The standard InChI is InChI=1S/C20H22N6O3/c1-12(2)26-16-9-13(3-5-15(16)24-20(26)29)19(28)23-14-4-6-17(22-10-14)25-8-7-21-18(27)11-25/h3-6,9-10,12H,7-8,11H2,1-2H3,(H,21,27)(H,23,28)(H,24,29). The molecule has 150 valence electrons. The first-order chi connectivity index (χ1) is 13.9. The number of anilines is 2. The third kappa shape index (κ3) is 3.71. The second kappa shape index (κ2) is 7.42. The fraction of sp³-hybridized carbons (Fsp3) is 0.300. The fourth-order valence-electron chi connectivity index (χ4n) is 3.46. The lowest BCUT2D eigenvalue weighted by Crippen LogP contribution is -2.48. The van der Waals surface area contributed by atoms with E-state index in [-0.39, 0.29) is 30.1 Å². The summed E-state index contributed by atoms with van der Waals surface area (Å²) in [6.45, 7) is 5.38. The van der Waals surface area contributed by atoms with Gasteiger partial charge in [0.15, 0.2) is 0 Å². The number of carbonyl (C=O) groups is 2. The van der Waals surface area contributed by atoms with Gasteiger partial charge in [0.05, 0.1) is 29.5 Å². The number of rotatable bonds is 4. The number of hydrogen-bond donors (Lipinski definition) is 3. The van der Waals surface area contributed by atoms with Crippen molar-refractivity contribution in [1.29, 1.82) is 0 Å². The third-order valence-corrected chi connectivity index (χ3v) is 4.86. The fourth-order valence-corrected chi connectivity index (χ4v) is 3.46. The summed E-state index contributed by atoms with van der Waals surface area (Å²) >= 11 is 0. The molecule has 0 radical (unpaired) electrons. The molecule has 0 aliphatic carbocycles. The summed E-state index contributed by atoms with van der Waals surface area (Å²) in [5.41, 5.74) is 2.18. The van der Waals surface area contributed by atoms with Crippen molar-refractivity contribution in [2.75, 3.05) is 29.9 Å². The van der Waals surface area contributed by atoms with Crippen molar-refractivity contribution in [1.82, 2.24) is 19.9 Å². The van der Waals surface area contributed by atoms with Gasteiger partial charge in [0.1, 0.15) is 5.82 Å². The van der Waals surface area contributed by atoms with E-state index >= 15 is 0 Å². The normalized spacial score (nSPS) is 14.3. The quantitative estimate of drug-likeness (QED) is 0.621. The number of imidazole rings is 1. The number of amides is 2. The summed E-state index contributed by atoms with van der Waals surface area (Å²) < 4.78 is 1.62. The van der Waals surface area contributed by atoms with Crippen molar-refractivity contribution in [2.45, 2.75) is 19.9 Å². The van der Waals surface area contributed by atoms with Gasteiger partial charge in [0.25, 0.3) is 5.91 Å². The molecule has 3 N–H and O–H groups in total. The van der Waals surface area contributed by atoms with Crippen molar-refractivity contribution in [2.24, 2.45) is 0 Å². The molecule has 1 aliphatic heterocycles. The van der Waals surface area contributed by atoms with E-state index in [2.05, 4.69) is 20.6 Å². The van der Waals surface area contributed by atoms with Crippen LogP contribution in [0.15, 0.2) is 41.3 Å². The monoisotopic (exact) mass is 394 g/mol. The predicted molar refractivity (Wildman–Crippen MR) is 110 cm³/mol. The molecular formula is C20H22N6O3. The Balaban J connectivity index is 1.52. The number of hydrogen-bond acceptors (Lipinski definition) is 5. The minimum atomic E-state index is -0.289. The van der Waals surface area contributed by atoms with Crippen molar-refractivity contribution < 1.29 is 9.59 Å². The number of benzene rings is 1. The Morgan fingerprint density at radius 2 is 2.03 bits per heavy atom. The molecule has 1 aromatic carbocycles. The van der Waals surface area contributed by atoms with Crippen LogP contribution in [0.4, 0.5) is 11.5 Å². The van der Waals surface area contributed by atoms with Gasteiger partial charge < -0.3 is 20.5 Å². The van der Waals surface area contributed by atoms with Gasteiger partial charge in [-0.15, -0.1) is 0 Å². The largest absolute Gasteiger partial charge is 0.353 e. The molecule has 9 nitrogen and oxygen atoms in total. The summed E-state index contributed by atoms with van der Waals surface area (Å²) in [6.07, 6.45) is 1.57. The van der Waals surface area contributed by atoms with Crippen molar-refractivity contribution >= 4 is 34.4 Å². The van der Waals surface area contributed by atoms with E-state index in [1.807, 2.05) is 18.7 Å². The zero-order valence-corrected chi connectivity index (χ0v) is 16.2. The SMILES string of the molecule is CC(C)n1c(=O)[nH]c2ccc(C(=O)Nc3ccc(N4CCNC(=O)C4)nc3)cc21. The van der Waals surface area contributed by atoms with Gasteiger partial charge in [-0.25, -0.2) is 9.78 Å². The van der Waals surface area contributed by atoms with Crippen LogP contribution in [0.25, 0.3) is 11.0 Å². The molecule has 2 aromatic heterocycles. The minimum absolute atomic E-state index is 0.0248. The predicted octanol–water partition coefficient (Wildman–Crippen LogP) is 1.49. The Bertz CT molecular complexity index is 1130. The van der Waals surface area contributed by atoms with E-state index in [9.17, 15) is 14.4 Å². The molecule has 3 heterocycles. The number of nitrogens with zero attached hydrogens (tertiary/aromatic N) is 3. The Kier molecular flexibility index (Phi) is 4.79. The minimum Gasteiger partial charge on any atom is -0.353 e. The second-order valence-corrected chi connectivity index (χ2v) is 7.26. The number of pyridine rings is 1. The number of aromatic nitrogens is 3. The molecular weight excluding hydrogens is 372 g/mol. The molecule has 2 amide bonds. The van der Waals surface area contributed by atoms with Crippen LogP contribution in [-0.2, 0) is 4.79 Å². The van der Waals surface area contributed by atoms with Gasteiger partial charge in [-0.05, 0) is 44.2 Å². The van der Waals surface area contributed by atoms with Crippen LogP contribution in [-0.4, -0.2) is 46.0 Å². The Labute approximate surface area is 166 Å². The van der Waals surface area contributed by atoms with Gasteiger partial charge in [-0.1, -0.05) is 0 Å². The third-order valence-electron chi connectivity index (χ3n) is 4.86. The number of nitrogens with one attached hydrogen (secondary N) is 3. The highest BCUT2D eigenvalue weighted by Gasteiger charge is 2.18. The van der Waals surface area contributed by atoms with E-state index in [4.69, 9.17) is 0 Å². The molecule has 0 atom stereocenters. The zero-order chi connectivity index (χ0) is 20.5. The van der Waals surface area contributed by atoms with Crippen LogP contribution in [0, 0.1) is 0 Å². The van der Waals surface area contributed by atoms with E-state index < -0.39 is 0 Å². The van der Waals surface area contributed by atoms with Crippen molar-refractivity contribution in [3.8, 4) is 0 Å². The number of fused-ring (bicyclic) bond motifs is 1. The highest BCUT2D eigenvalue weighted by molar-refractivity contribution is 6.05. The van der Waals surface area contributed by atoms with Gasteiger partial charge in [-0.2, -0.15) is 0 Å². The first-order valence-corrected chi connectivity index (χ1v) is 9.45. The summed E-state index contributed by atoms with van der Waals surface area (Å²) in [5, 5.41) is 5.59. The molecule has 0 bridgehead atoms. The van der Waals surface area contributed by atoms with Gasteiger partial charge >= 0.3 is 5.69 Å². The number of aromatic amines is 1. The van der Waals surface area contributed by atoms with Crippen LogP contribution in [0.2, 0.25) is 0 Å². The molecule has 3 aromatic rings. The summed E-state index contributed by atoms with van der Waals surface area (Å²) in [7, 11) is 0. The number of carbonyl (C=O) groups excluding carboxylic acids is 2. The maximum atomic E-state index is 12.7. The molecule has 1 aliphatic rings. The smallest absolute Gasteiger partial charge is 0.326 e. The van der Waals surface area contributed by atoms with Gasteiger partial charge in [0.2, 0.25) is 5.91 Å². The van der Waals surface area contributed by atoms with Crippen LogP contribution >= 0.6 is 0 Å². The molecule has 1 saturated heterocycles. The molecule has 0 saturated carbocycles. The van der Waals surface area contributed by atoms with Crippen LogP contribution in [0.1, 0.15) is 30.2 Å². The lowest BCUT2D eigenvalue weighted by Gasteiger charge is -2.27. The summed E-state index contributed by atoms with van der Waals surface area (Å²) in [4.78, 5) is 45.3. The van der Waals surface area contributed by atoms with Gasteiger partial charge in [-0.3, -0.25) is 14.2 Å². The first-order valence-electron chi connectivity index (χ1n) is 9.45. The van der Waals surface area contributed by atoms with Gasteiger partial charge in [0, 0.05) is 24.7 Å². The highest BCUT2D eigenvalue weighted by Crippen LogP contribution is 2.19. The molecule has 4 rings (SSSR count). The maximum absolute atomic E-state index is 12.7. The van der Waals surface area contributed by atoms with E-state index in [1.54, 1.807) is 41.1 Å². The summed E-state index contributed by atoms with van der Waals surface area (Å²) in [5.74, 6) is 0.366. The maximum Gasteiger partial charge on any atom is 0.326 e. The topological polar surface area (TPSA) is 112 Å².